The maximum Gasteiger partial charge on any atom is 0.244 e. The molecular formula is C13H14N2O2. The van der Waals surface area contributed by atoms with Crippen LogP contribution in [0, 0.1) is 0 Å². The highest BCUT2D eigenvalue weighted by atomic mass is 16.5. The molecule has 1 amide bonds. The summed E-state index contributed by atoms with van der Waals surface area (Å²) in [5, 5.41) is 0. The zero-order valence-corrected chi connectivity index (χ0v) is 9.35. The standard InChI is InChI=1S/C13H14N2O2/c14-10-4-6-11(7-5-10)17-12-3-1-2-9(8-12)13(15)16/h3-8H,1-2,14H2,(H2,15,16). The molecule has 1 aromatic rings. The molecule has 0 fully saturated rings. The highest BCUT2D eigenvalue weighted by Gasteiger charge is 2.11. The molecule has 0 saturated carbocycles. The summed E-state index contributed by atoms with van der Waals surface area (Å²) in [6.45, 7) is 0. The van der Waals surface area contributed by atoms with Crippen LogP contribution in [0.15, 0.2) is 47.7 Å². The number of nitrogen functional groups attached to an aromatic ring is 1. The quantitative estimate of drug-likeness (QED) is 0.776. The molecule has 2 rings (SSSR count). The van der Waals surface area contributed by atoms with Crippen LogP contribution in [0.2, 0.25) is 0 Å². The Morgan fingerprint density at radius 1 is 1.24 bits per heavy atom. The van der Waals surface area contributed by atoms with Gasteiger partial charge in [-0.1, -0.05) is 0 Å². The molecule has 17 heavy (non-hydrogen) atoms. The molecule has 0 aliphatic heterocycles. The number of benzene rings is 1. The lowest BCUT2D eigenvalue weighted by atomic mass is 10.0. The minimum Gasteiger partial charge on any atom is -0.458 e. The predicted octanol–water partition coefficient (Wildman–Crippen LogP) is 1.74. The van der Waals surface area contributed by atoms with Gasteiger partial charge in [-0.15, -0.1) is 0 Å². The molecule has 4 N–H and O–H groups in total. The third-order valence-electron chi connectivity index (χ3n) is 2.51. The maximum absolute atomic E-state index is 11.1. The van der Waals surface area contributed by atoms with E-state index in [1.54, 1.807) is 30.3 Å². The van der Waals surface area contributed by atoms with Gasteiger partial charge in [0, 0.05) is 11.3 Å². The average molecular weight is 230 g/mol. The number of carbonyl (C=O) groups excluding carboxylic acids is 1. The van der Waals surface area contributed by atoms with E-state index < -0.39 is 5.91 Å². The summed E-state index contributed by atoms with van der Waals surface area (Å²) in [7, 11) is 0. The second-order valence-electron chi connectivity index (χ2n) is 3.85. The Bertz CT molecular complexity index is 487. The molecule has 4 nitrogen and oxygen atoms in total. The Kier molecular flexibility index (Phi) is 3.14. The van der Waals surface area contributed by atoms with Crippen molar-refractivity contribution in [3.05, 3.63) is 47.7 Å². The van der Waals surface area contributed by atoms with Crippen LogP contribution in [-0.2, 0) is 4.79 Å². The summed E-state index contributed by atoms with van der Waals surface area (Å²) in [6, 6.07) is 7.08. The fourth-order valence-electron chi connectivity index (χ4n) is 1.61. The number of amides is 1. The minimum absolute atomic E-state index is 0.392. The molecule has 0 aromatic heterocycles. The first-order valence-electron chi connectivity index (χ1n) is 5.39. The fraction of sp³-hybridized carbons (Fsp3) is 0.154. The van der Waals surface area contributed by atoms with Crippen LogP contribution in [0.25, 0.3) is 0 Å². The number of allylic oxidation sites excluding steroid dienone is 2. The van der Waals surface area contributed by atoms with Gasteiger partial charge >= 0.3 is 0 Å². The Labute approximate surface area is 99.6 Å². The first-order valence-corrected chi connectivity index (χ1v) is 5.39. The lowest BCUT2D eigenvalue weighted by molar-refractivity contribution is -0.114. The van der Waals surface area contributed by atoms with Gasteiger partial charge in [-0.3, -0.25) is 4.79 Å². The molecule has 0 spiro atoms. The Morgan fingerprint density at radius 3 is 2.59 bits per heavy atom. The van der Waals surface area contributed by atoms with Gasteiger partial charge < -0.3 is 16.2 Å². The Balaban J connectivity index is 2.11. The van der Waals surface area contributed by atoms with E-state index in [9.17, 15) is 4.79 Å². The normalized spacial score (nSPS) is 14.8. The number of anilines is 1. The number of hydrogen-bond donors (Lipinski definition) is 2. The third kappa shape index (κ3) is 2.87. The molecular weight excluding hydrogens is 216 g/mol. The molecule has 88 valence electrons. The summed E-state index contributed by atoms with van der Waals surface area (Å²) in [5.74, 6) is 0.943. The predicted molar refractivity (Wildman–Crippen MR) is 66.1 cm³/mol. The highest BCUT2D eigenvalue weighted by molar-refractivity contribution is 5.92. The van der Waals surface area contributed by atoms with Crippen LogP contribution in [0.5, 0.6) is 5.75 Å². The van der Waals surface area contributed by atoms with Gasteiger partial charge in [0.15, 0.2) is 0 Å². The second-order valence-corrected chi connectivity index (χ2v) is 3.85. The average Bonchev–Trinajstić information content (AvgIpc) is 2.32. The van der Waals surface area contributed by atoms with Gasteiger partial charge in [-0.25, -0.2) is 0 Å². The van der Waals surface area contributed by atoms with E-state index >= 15 is 0 Å². The summed E-state index contributed by atoms with van der Waals surface area (Å²) in [5.41, 5.74) is 12.1. The SMILES string of the molecule is NC(=O)C1=CC(Oc2ccc(N)cc2)=CCC1. The van der Waals surface area contributed by atoms with E-state index in [1.165, 1.54) is 0 Å². The number of primary amides is 1. The van der Waals surface area contributed by atoms with Gasteiger partial charge in [0.05, 0.1) is 0 Å². The molecule has 4 heteroatoms. The highest BCUT2D eigenvalue weighted by Crippen LogP contribution is 2.21. The molecule has 0 bridgehead atoms. The van der Waals surface area contributed by atoms with Gasteiger partial charge in [-0.05, 0) is 49.3 Å². The van der Waals surface area contributed by atoms with Crippen molar-refractivity contribution in [1.29, 1.82) is 0 Å². The van der Waals surface area contributed by atoms with Crippen molar-refractivity contribution >= 4 is 11.6 Å². The van der Waals surface area contributed by atoms with Crippen molar-refractivity contribution in [2.24, 2.45) is 5.73 Å². The van der Waals surface area contributed by atoms with E-state index in [4.69, 9.17) is 16.2 Å². The Hall–Kier alpha value is -2.23. The second kappa shape index (κ2) is 4.74. The number of hydrogen-bond acceptors (Lipinski definition) is 3. The van der Waals surface area contributed by atoms with Crippen molar-refractivity contribution in [2.75, 3.05) is 5.73 Å². The van der Waals surface area contributed by atoms with E-state index in [-0.39, 0.29) is 0 Å². The molecule has 0 radical (unpaired) electrons. The maximum atomic E-state index is 11.1. The van der Waals surface area contributed by atoms with E-state index in [0.717, 1.165) is 6.42 Å². The van der Waals surface area contributed by atoms with Crippen molar-refractivity contribution in [1.82, 2.24) is 0 Å². The zero-order chi connectivity index (χ0) is 12.3. The van der Waals surface area contributed by atoms with Crippen molar-refractivity contribution in [3.8, 4) is 5.75 Å². The van der Waals surface area contributed by atoms with Crippen molar-refractivity contribution in [3.63, 3.8) is 0 Å². The van der Waals surface area contributed by atoms with E-state index in [1.807, 2.05) is 6.08 Å². The molecule has 0 unspecified atom stereocenters. The number of carbonyl (C=O) groups is 1. The lowest BCUT2D eigenvalue weighted by Gasteiger charge is -2.12. The summed E-state index contributed by atoms with van der Waals surface area (Å²) in [6.07, 6.45) is 5.05. The van der Waals surface area contributed by atoms with Crippen LogP contribution >= 0.6 is 0 Å². The van der Waals surface area contributed by atoms with Gasteiger partial charge in [0.1, 0.15) is 11.5 Å². The van der Waals surface area contributed by atoms with E-state index in [2.05, 4.69) is 0 Å². The number of rotatable bonds is 3. The molecule has 0 atom stereocenters. The summed E-state index contributed by atoms with van der Waals surface area (Å²) < 4.78 is 5.61. The fourth-order valence-corrected chi connectivity index (χ4v) is 1.61. The molecule has 0 heterocycles. The van der Waals surface area contributed by atoms with Crippen LogP contribution in [0.1, 0.15) is 12.8 Å². The van der Waals surface area contributed by atoms with Crippen molar-refractivity contribution < 1.29 is 9.53 Å². The third-order valence-corrected chi connectivity index (χ3v) is 2.51. The monoisotopic (exact) mass is 230 g/mol. The molecule has 1 aliphatic carbocycles. The Morgan fingerprint density at radius 2 is 1.94 bits per heavy atom. The molecule has 0 saturated heterocycles. The van der Waals surface area contributed by atoms with Crippen molar-refractivity contribution in [2.45, 2.75) is 12.8 Å². The molecule has 1 aromatic carbocycles. The van der Waals surface area contributed by atoms with E-state index in [0.29, 0.717) is 29.2 Å². The minimum atomic E-state index is -0.392. The largest absolute Gasteiger partial charge is 0.458 e. The number of ether oxygens (including phenoxy) is 1. The van der Waals surface area contributed by atoms with Gasteiger partial charge in [0.25, 0.3) is 0 Å². The smallest absolute Gasteiger partial charge is 0.244 e. The summed E-state index contributed by atoms with van der Waals surface area (Å²) in [4.78, 5) is 11.1. The van der Waals surface area contributed by atoms with Crippen LogP contribution in [-0.4, -0.2) is 5.91 Å². The lowest BCUT2D eigenvalue weighted by Crippen LogP contribution is -2.16. The first kappa shape index (κ1) is 11.3. The van der Waals surface area contributed by atoms with Gasteiger partial charge in [0.2, 0.25) is 5.91 Å². The van der Waals surface area contributed by atoms with Crippen LogP contribution in [0.4, 0.5) is 5.69 Å². The van der Waals surface area contributed by atoms with Crippen LogP contribution in [0.3, 0.4) is 0 Å². The van der Waals surface area contributed by atoms with Crippen LogP contribution < -0.4 is 16.2 Å². The zero-order valence-electron chi connectivity index (χ0n) is 9.35. The molecule has 1 aliphatic rings. The van der Waals surface area contributed by atoms with Gasteiger partial charge in [-0.2, -0.15) is 0 Å². The number of nitrogens with two attached hydrogens (primary N) is 2. The summed E-state index contributed by atoms with van der Waals surface area (Å²) >= 11 is 0. The topological polar surface area (TPSA) is 78.3 Å². The first-order chi connectivity index (χ1) is 8.15.